The van der Waals surface area contributed by atoms with Crippen LogP contribution in [0.4, 0.5) is 0 Å². The standard InChI is InChI=1S/C22H25N3S/c1-3-25(4-2)26-21-14-15-22(23)24(17-21)16-18-10-12-20(13-11-18)19-8-6-5-7-9-19/h5-15,17,23H,3-4,16H2,1-2H3. The first-order chi connectivity index (χ1) is 12.7. The van der Waals surface area contributed by atoms with Gasteiger partial charge in [0.1, 0.15) is 5.49 Å². The molecule has 3 aromatic rings. The van der Waals surface area contributed by atoms with Gasteiger partial charge in [-0.1, -0.05) is 68.4 Å². The van der Waals surface area contributed by atoms with E-state index in [1.165, 1.54) is 21.6 Å². The van der Waals surface area contributed by atoms with Gasteiger partial charge in [-0.05, 0) is 40.8 Å². The predicted octanol–water partition coefficient (Wildman–Crippen LogP) is 5.03. The van der Waals surface area contributed by atoms with Crippen molar-refractivity contribution in [1.29, 1.82) is 5.41 Å². The molecule has 0 unspecified atom stereocenters. The second kappa shape index (κ2) is 8.88. The molecule has 0 radical (unpaired) electrons. The molecule has 2 aromatic carbocycles. The van der Waals surface area contributed by atoms with Gasteiger partial charge in [0, 0.05) is 30.7 Å². The minimum Gasteiger partial charge on any atom is -0.328 e. The number of aromatic nitrogens is 1. The molecular weight excluding hydrogens is 338 g/mol. The van der Waals surface area contributed by atoms with Gasteiger partial charge < -0.3 is 4.57 Å². The molecule has 1 aromatic heterocycles. The average molecular weight is 364 g/mol. The van der Waals surface area contributed by atoms with E-state index in [2.05, 4.69) is 72.9 Å². The summed E-state index contributed by atoms with van der Waals surface area (Å²) in [5.74, 6) is 0. The Morgan fingerprint density at radius 3 is 2.15 bits per heavy atom. The van der Waals surface area contributed by atoms with E-state index in [4.69, 9.17) is 5.41 Å². The van der Waals surface area contributed by atoms with E-state index < -0.39 is 0 Å². The smallest absolute Gasteiger partial charge is 0.125 e. The van der Waals surface area contributed by atoms with Gasteiger partial charge in [0.15, 0.2) is 0 Å². The molecular formula is C22H25N3S. The van der Waals surface area contributed by atoms with Gasteiger partial charge in [0.25, 0.3) is 0 Å². The van der Waals surface area contributed by atoms with E-state index in [1.54, 1.807) is 11.9 Å². The summed E-state index contributed by atoms with van der Waals surface area (Å²) in [4.78, 5) is 1.17. The Balaban J connectivity index is 1.77. The largest absolute Gasteiger partial charge is 0.328 e. The zero-order valence-electron chi connectivity index (χ0n) is 15.4. The molecule has 0 aliphatic carbocycles. The molecule has 1 N–H and O–H groups in total. The first kappa shape index (κ1) is 18.5. The topological polar surface area (TPSA) is 32.0 Å². The SMILES string of the molecule is CCN(CC)Sc1ccc(=N)n(Cc2ccc(-c3ccccc3)cc2)c1. The molecule has 0 amide bonds. The van der Waals surface area contributed by atoms with E-state index in [-0.39, 0.29) is 0 Å². The summed E-state index contributed by atoms with van der Waals surface area (Å²) in [6.07, 6.45) is 2.08. The normalized spacial score (nSPS) is 11.0. The molecule has 0 spiro atoms. The molecule has 1 heterocycles. The number of pyridine rings is 1. The van der Waals surface area contributed by atoms with E-state index >= 15 is 0 Å². The summed E-state index contributed by atoms with van der Waals surface area (Å²) in [5, 5.41) is 8.21. The molecule has 0 atom stereocenters. The van der Waals surface area contributed by atoms with Crippen molar-refractivity contribution in [1.82, 2.24) is 8.87 Å². The Hall–Kier alpha value is -2.30. The zero-order valence-corrected chi connectivity index (χ0v) is 16.2. The number of hydrogen-bond acceptors (Lipinski definition) is 3. The van der Waals surface area contributed by atoms with Crippen molar-refractivity contribution in [2.24, 2.45) is 0 Å². The molecule has 3 nitrogen and oxygen atoms in total. The van der Waals surface area contributed by atoms with Crippen LogP contribution in [0.2, 0.25) is 0 Å². The van der Waals surface area contributed by atoms with Crippen LogP contribution in [-0.2, 0) is 6.54 Å². The van der Waals surface area contributed by atoms with Crippen LogP contribution in [0.15, 0.2) is 77.8 Å². The highest BCUT2D eigenvalue weighted by Crippen LogP contribution is 2.22. The fourth-order valence-corrected chi connectivity index (χ4v) is 3.70. The lowest BCUT2D eigenvalue weighted by atomic mass is 10.0. The highest BCUT2D eigenvalue weighted by Gasteiger charge is 2.05. The number of rotatable bonds is 7. The van der Waals surface area contributed by atoms with E-state index in [1.807, 2.05) is 22.8 Å². The van der Waals surface area contributed by atoms with Gasteiger partial charge in [-0.15, -0.1) is 0 Å². The Bertz CT molecular complexity index is 881. The summed E-state index contributed by atoms with van der Waals surface area (Å²) in [6.45, 7) is 7.05. The fraction of sp³-hybridized carbons (Fsp3) is 0.227. The summed E-state index contributed by atoms with van der Waals surface area (Å²) in [5.41, 5.74) is 4.18. The second-order valence-corrected chi connectivity index (χ2v) is 7.32. The van der Waals surface area contributed by atoms with Crippen molar-refractivity contribution in [2.45, 2.75) is 25.3 Å². The van der Waals surface area contributed by atoms with Gasteiger partial charge in [-0.25, -0.2) is 4.31 Å². The Morgan fingerprint density at radius 1 is 0.846 bits per heavy atom. The minimum atomic E-state index is 0.529. The lowest BCUT2D eigenvalue weighted by Gasteiger charge is -2.17. The quantitative estimate of drug-likeness (QED) is 0.597. The van der Waals surface area contributed by atoms with Crippen molar-refractivity contribution in [3.8, 4) is 11.1 Å². The Labute approximate surface area is 160 Å². The summed E-state index contributed by atoms with van der Waals surface area (Å²) < 4.78 is 4.31. The second-order valence-electron chi connectivity index (χ2n) is 6.15. The van der Waals surface area contributed by atoms with Gasteiger partial charge in [-0.2, -0.15) is 0 Å². The molecule has 134 valence electrons. The van der Waals surface area contributed by atoms with Crippen LogP contribution in [0, 0.1) is 5.41 Å². The summed E-state index contributed by atoms with van der Waals surface area (Å²) >= 11 is 1.75. The zero-order chi connectivity index (χ0) is 18.4. The molecule has 0 aliphatic rings. The molecule has 0 aliphatic heterocycles. The molecule has 0 bridgehead atoms. The average Bonchev–Trinajstić information content (AvgIpc) is 2.69. The monoisotopic (exact) mass is 363 g/mol. The third-order valence-corrected chi connectivity index (χ3v) is 5.58. The maximum atomic E-state index is 8.21. The Morgan fingerprint density at radius 2 is 1.50 bits per heavy atom. The van der Waals surface area contributed by atoms with Crippen LogP contribution in [-0.4, -0.2) is 22.0 Å². The van der Waals surface area contributed by atoms with Crippen molar-refractivity contribution in [3.63, 3.8) is 0 Å². The molecule has 0 saturated heterocycles. The van der Waals surface area contributed by atoms with Gasteiger partial charge in [-0.3, -0.25) is 5.41 Å². The summed E-state index contributed by atoms with van der Waals surface area (Å²) in [6, 6.07) is 22.9. The van der Waals surface area contributed by atoms with Crippen LogP contribution >= 0.6 is 11.9 Å². The third kappa shape index (κ3) is 4.65. The molecule has 0 saturated carbocycles. The van der Waals surface area contributed by atoms with Gasteiger partial charge in [0.05, 0.1) is 0 Å². The van der Waals surface area contributed by atoms with Gasteiger partial charge in [0.2, 0.25) is 0 Å². The van der Waals surface area contributed by atoms with E-state index in [0.29, 0.717) is 12.0 Å². The van der Waals surface area contributed by atoms with Crippen molar-refractivity contribution >= 4 is 11.9 Å². The lowest BCUT2D eigenvalue weighted by molar-refractivity contribution is 0.524. The first-order valence-electron chi connectivity index (χ1n) is 9.02. The highest BCUT2D eigenvalue weighted by molar-refractivity contribution is 7.97. The van der Waals surface area contributed by atoms with Gasteiger partial charge >= 0.3 is 0 Å². The van der Waals surface area contributed by atoms with E-state index in [0.717, 1.165) is 13.1 Å². The van der Waals surface area contributed by atoms with Crippen LogP contribution in [0.5, 0.6) is 0 Å². The Kier molecular flexibility index (Phi) is 6.31. The maximum absolute atomic E-state index is 8.21. The van der Waals surface area contributed by atoms with Crippen molar-refractivity contribution in [3.05, 3.63) is 84.0 Å². The van der Waals surface area contributed by atoms with Crippen LogP contribution in [0.3, 0.4) is 0 Å². The van der Waals surface area contributed by atoms with Crippen LogP contribution in [0.25, 0.3) is 11.1 Å². The highest BCUT2D eigenvalue weighted by atomic mass is 32.2. The summed E-state index contributed by atoms with van der Waals surface area (Å²) in [7, 11) is 0. The van der Waals surface area contributed by atoms with Crippen LogP contribution < -0.4 is 5.49 Å². The number of nitrogens with one attached hydrogen (secondary N) is 1. The molecule has 4 heteroatoms. The molecule has 26 heavy (non-hydrogen) atoms. The number of benzene rings is 2. The molecule has 0 fully saturated rings. The van der Waals surface area contributed by atoms with Crippen molar-refractivity contribution in [2.75, 3.05) is 13.1 Å². The lowest BCUT2D eigenvalue weighted by Crippen LogP contribution is -2.20. The van der Waals surface area contributed by atoms with Crippen LogP contribution in [0.1, 0.15) is 19.4 Å². The third-order valence-electron chi connectivity index (χ3n) is 4.35. The number of nitrogens with zero attached hydrogens (tertiary/aromatic N) is 2. The predicted molar refractivity (Wildman–Crippen MR) is 110 cm³/mol. The fourth-order valence-electron chi connectivity index (χ4n) is 2.84. The van der Waals surface area contributed by atoms with Crippen molar-refractivity contribution < 1.29 is 0 Å². The molecule has 3 rings (SSSR count). The van der Waals surface area contributed by atoms with E-state index in [9.17, 15) is 0 Å². The first-order valence-corrected chi connectivity index (χ1v) is 9.79. The maximum Gasteiger partial charge on any atom is 0.125 e. The minimum absolute atomic E-state index is 0.529. The number of hydrogen-bond donors (Lipinski definition) is 1.